The molecular weight excluding hydrogens is 325 g/mol. The van der Waals surface area contributed by atoms with Crippen LogP contribution in [0.3, 0.4) is 0 Å². The van der Waals surface area contributed by atoms with Crippen LogP contribution in [0.2, 0.25) is 0 Å². The summed E-state index contributed by atoms with van der Waals surface area (Å²) in [6.07, 6.45) is 1.78. The number of halogens is 3. The summed E-state index contributed by atoms with van der Waals surface area (Å²) >= 11 is 10.6. The fraction of sp³-hybridized carbons (Fsp3) is 0.250. The van der Waals surface area contributed by atoms with Crippen molar-refractivity contribution in [2.24, 2.45) is 0 Å². The molecule has 1 heterocycles. The number of aryl methyl sites for hydroxylation is 1. The second kappa shape index (κ2) is 5.94. The summed E-state index contributed by atoms with van der Waals surface area (Å²) in [7, 11) is 0. The molecule has 2 aromatic rings. The van der Waals surface area contributed by atoms with Crippen LogP contribution in [-0.4, -0.2) is 10.9 Å². The summed E-state index contributed by atoms with van der Waals surface area (Å²) in [5, 5.41) is 2.83. The van der Waals surface area contributed by atoms with Crippen molar-refractivity contribution in [1.29, 1.82) is 0 Å². The number of benzene rings is 1. The maximum atomic E-state index is 13.2. The van der Waals surface area contributed by atoms with Gasteiger partial charge in [-0.25, -0.2) is 9.37 Å². The Morgan fingerprint density at radius 2 is 2.24 bits per heavy atom. The Morgan fingerprint density at radius 1 is 1.41 bits per heavy atom. The molecule has 0 atom stereocenters. The molecule has 0 saturated carbocycles. The van der Waals surface area contributed by atoms with Crippen molar-refractivity contribution in [3.05, 3.63) is 39.6 Å². The molecule has 17 heavy (non-hydrogen) atoms. The van der Waals surface area contributed by atoms with Crippen molar-refractivity contribution in [2.75, 3.05) is 5.88 Å². The van der Waals surface area contributed by atoms with E-state index in [1.165, 1.54) is 23.5 Å². The van der Waals surface area contributed by atoms with E-state index in [4.69, 9.17) is 11.6 Å². The van der Waals surface area contributed by atoms with Crippen molar-refractivity contribution in [3.8, 4) is 10.6 Å². The first-order valence-electron chi connectivity index (χ1n) is 5.16. The third-order valence-corrected chi connectivity index (χ3v) is 4.16. The Kier molecular flexibility index (Phi) is 4.54. The van der Waals surface area contributed by atoms with E-state index in [1.807, 2.05) is 5.38 Å². The van der Waals surface area contributed by atoms with Gasteiger partial charge in [0.2, 0.25) is 0 Å². The van der Waals surface area contributed by atoms with Gasteiger partial charge in [-0.1, -0.05) is 15.9 Å². The smallest absolute Gasteiger partial charge is 0.124 e. The van der Waals surface area contributed by atoms with Gasteiger partial charge in [0.25, 0.3) is 0 Å². The first-order chi connectivity index (χ1) is 8.20. The molecular formula is C12H10BrClFNS. The predicted octanol–water partition coefficient (Wildman–Crippen LogP) is 4.88. The quantitative estimate of drug-likeness (QED) is 0.726. The lowest BCUT2D eigenvalue weighted by molar-refractivity contribution is 0.628. The fourth-order valence-corrected chi connectivity index (χ4v) is 3.04. The monoisotopic (exact) mass is 333 g/mol. The lowest BCUT2D eigenvalue weighted by Gasteiger charge is -2.00. The maximum absolute atomic E-state index is 13.2. The highest BCUT2D eigenvalue weighted by Gasteiger charge is 2.09. The minimum atomic E-state index is -0.249. The molecule has 0 aliphatic heterocycles. The Balaban J connectivity index is 2.27. The number of nitrogens with zero attached hydrogens (tertiary/aromatic N) is 1. The normalized spacial score (nSPS) is 10.8. The van der Waals surface area contributed by atoms with Crippen LogP contribution in [0.5, 0.6) is 0 Å². The van der Waals surface area contributed by atoms with Crippen molar-refractivity contribution >= 4 is 38.9 Å². The van der Waals surface area contributed by atoms with Crippen molar-refractivity contribution in [1.82, 2.24) is 4.98 Å². The van der Waals surface area contributed by atoms with E-state index in [9.17, 15) is 4.39 Å². The molecule has 0 amide bonds. The standard InChI is InChI=1S/C12H10BrClFNS/c13-11-4-3-8(15)6-10(11)12-16-9(7-17-12)2-1-5-14/h3-4,6-7H,1-2,5H2. The number of rotatable bonds is 4. The topological polar surface area (TPSA) is 12.9 Å². The number of aromatic nitrogens is 1. The van der Waals surface area contributed by atoms with Crippen LogP contribution in [0, 0.1) is 5.82 Å². The molecule has 0 unspecified atom stereocenters. The summed E-state index contributed by atoms with van der Waals surface area (Å²) < 4.78 is 14.0. The van der Waals surface area contributed by atoms with E-state index >= 15 is 0 Å². The SMILES string of the molecule is Fc1ccc(Br)c(-c2nc(CCCCl)cs2)c1. The number of alkyl halides is 1. The van der Waals surface area contributed by atoms with Gasteiger partial charge >= 0.3 is 0 Å². The van der Waals surface area contributed by atoms with E-state index in [0.29, 0.717) is 5.88 Å². The van der Waals surface area contributed by atoms with Crippen molar-refractivity contribution in [2.45, 2.75) is 12.8 Å². The summed E-state index contributed by atoms with van der Waals surface area (Å²) in [6.45, 7) is 0. The minimum absolute atomic E-state index is 0.249. The highest BCUT2D eigenvalue weighted by molar-refractivity contribution is 9.10. The first kappa shape index (κ1) is 13.0. The fourth-order valence-electron chi connectivity index (χ4n) is 1.45. The Morgan fingerprint density at radius 3 is 3.00 bits per heavy atom. The molecule has 1 aromatic heterocycles. The molecule has 5 heteroatoms. The van der Waals surface area contributed by atoms with Gasteiger partial charge in [-0.3, -0.25) is 0 Å². The molecule has 0 bridgehead atoms. The van der Waals surface area contributed by atoms with Gasteiger partial charge in [0.1, 0.15) is 10.8 Å². The number of hydrogen-bond donors (Lipinski definition) is 0. The largest absolute Gasteiger partial charge is 0.241 e. The van der Waals surface area contributed by atoms with Gasteiger partial charge in [0, 0.05) is 21.3 Å². The maximum Gasteiger partial charge on any atom is 0.124 e. The highest BCUT2D eigenvalue weighted by atomic mass is 79.9. The predicted molar refractivity (Wildman–Crippen MR) is 74.2 cm³/mol. The Hall–Kier alpha value is -0.450. The molecule has 0 spiro atoms. The van der Waals surface area contributed by atoms with Gasteiger partial charge in [-0.2, -0.15) is 0 Å². The number of hydrogen-bond acceptors (Lipinski definition) is 2. The van der Waals surface area contributed by atoms with Gasteiger partial charge in [0.05, 0.1) is 5.69 Å². The number of thiazole rings is 1. The second-order valence-corrected chi connectivity index (χ2v) is 5.65. The third kappa shape index (κ3) is 3.27. The van der Waals surface area contributed by atoms with Gasteiger partial charge in [-0.15, -0.1) is 22.9 Å². The second-order valence-electron chi connectivity index (χ2n) is 3.56. The first-order valence-corrected chi connectivity index (χ1v) is 7.37. The average Bonchev–Trinajstić information content (AvgIpc) is 2.78. The lowest BCUT2D eigenvalue weighted by Crippen LogP contribution is -1.87. The van der Waals surface area contributed by atoms with Crippen molar-refractivity contribution < 1.29 is 4.39 Å². The van der Waals surface area contributed by atoms with Crippen LogP contribution in [0.4, 0.5) is 4.39 Å². The van der Waals surface area contributed by atoms with Crippen LogP contribution in [0.25, 0.3) is 10.6 Å². The zero-order chi connectivity index (χ0) is 12.3. The Bertz CT molecular complexity index is 515. The molecule has 0 aliphatic rings. The van der Waals surface area contributed by atoms with Crippen molar-refractivity contribution in [3.63, 3.8) is 0 Å². The van der Waals surface area contributed by atoms with Crippen LogP contribution in [0.15, 0.2) is 28.1 Å². The summed E-state index contributed by atoms with van der Waals surface area (Å²) in [5.41, 5.74) is 1.81. The zero-order valence-corrected chi connectivity index (χ0v) is 12.1. The van der Waals surface area contributed by atoms with Crippen LogP contribution in [-0.2, 0) is 6.42 Å². The van der Waals surface area contributed by atoms with Gasteiger partial charge in [-0.05, 0) is 31.0 Å². The molecule has 0 aliphatic carbocycles. The van der Waals surface area contributed by atoms with Gasteiger partial charge < -0.3 is 0 Å². The van der Waals surface area contributed by atoms with E-state index < -0.39 is 0 Å². The molecule has 1 nitrogen and oxygen atoms in total. The summed E-state index contributed by atoms with van der Waals surface area (Å²) in [4.78, 5) is 4.48. The van der Waals surface area contributed by atoms with E-state index in [-0.39, 0.29) is 5.82 Å². The molecule has 1 aromatic carbocycles. The zero-order valence-electron chi connectivity index (χ0n) is 8.92. The van der Waals surface area contributed by atoms with Crippen LogP contribution in [0.1, 0.15) is 12.1 Å². The molecule has 2 rings (SSSR count). The Labute approximate surface area is 117 Å². The van der Waals surface area contributed by atoms with Crippen LogP contribution >= 0.6 is 38.9 Å². The van der Waals surface area contributed by atoms with E-state index in [1.54, 1.807) is 6.07 Å². The summed E-state index contributed by atoms with van der Waals surface area (Å²) in [6, 6.07) is 4.62. The molecule has 0 N–H and O–H groups in total. The highest BCUT2D eigenvalue weighted by Crippen LogP contribution is 2.31. The van der Waals surface area contributed by atoms with Crippen LogP contribution < -0.4 is 0 Å². The average molecular weight is 335 g/mol. The molecule has 0 fully saturated rings. The van der Waals surface area contributed by atoms with Gasteiger partial charge in [0.15, 0.2) is 0 Å². The molecule has 0 radical (unpaired) electrons. The summed E-state index contributed by atoms with van der Waals surface area (Å²) in [5.74, 6) is 0.386. The minimum Gasteiger partial charge on any atom is -0.241 e. The molecule has 0 saturated heterocycles. The van der Waals surface area contributed by atoms with E-state index in [2.05, 4.69) is 20.9 Å². The lowest BCUT2D eigenvalue weighted by atomic mass is 10.2. The van der Waals surface area contributed by atoms with E-state index in [0.717, 1.165) is 33.6 Å². The third-order valence-electron chi connectivity index (χ3n) is 2.28. The molecule has 90 valence electrons.